The molecule has 2 aromatic rings. The highest BCUT2D eigenvalue weighted by Crippen LogP contribution is 2.30. The van der Waals surface area contributed by atoms with Crippen LogP contribution in [0.2, 0.25) is 0 Å². The van der Waals surface area contributed by atoms with Gasteiger partial charge in [0.05, 0.1) is 0 Å². The largest absolute Gasteiger partial charge is 0.486 e. The zero-order chi connectivity index (χ0) is 16.1. The summed E-state index contributed by atoms with van der Waals surface area (Å²) in [5.41, 5.74) is 0. The van der Waals surface area contributed by atoms with Crippen LogP contribution in [0.15, 0.2) is 35.8 Å². The number of anilines is 1. The lowest BCUT2D eigenvalue weighted by Crippen LogP contribution is -2.40. The number of nitrogens with zero attached hydrogens (tertiary/aromatic N) is 2. The van der Waals surface area contributed by atoms with Crippen LogP contribution in [0, 0.1) is 0 Å². The first kappa shape index (κ1) is 15.8. The number of carbonyl (C=O) groups excluding carboxylic acids is 1. The maximum absolute atomic E-state index is 11.8. The first-order valence-corrected chi connectivity index (χ1v) is 8.35. The van der Waals surface area contributed by atoms with Gasteiger partial charge in [-0.2, -0.15) is 0 Å². The summed E-state index contributed by atoms with van der Waals surface area (Å²) in [6, 6.07) is 7.66. The molecule has 23 heavy (non-hydrogen) atoms. The van der Waals surface area contributed by atoms with Crippen LogP contribution in [-0.2, 0) is 4.79 Å². The molecule has 1 N–H and O–H groups in total. The molecule has 0 saturated heterocycles. The molecule has 0 fully saturated rings. The number of rotatable bonds is 6. The van der Waals surface area contributed by atoms with E-state index in [1.165, 1.54) is 11.3 Å². The van der Waals surface area contributed by atoms with Gasteiger partial charge in [0.25, 0.3) is 0 Å². The molecule has 1 unspecified atom stereocenters. The summed E-state index contributed by atoms with van der Waals surface area (Å²) < 4.78 is 11.6. The van der Waals surface area contributed by atoms with E-state index in [0.29, 0.717) is 31.2 Å². The fourth-order valence-corrected chi connectivity index (χ4v) is 2.90. The Hall–Kier alpha value is -2.12. The fraction of sp³-hybridized carbons (Fsp3) is 0.375. The maximum atomic E-state index is 11.8. The molecular weight excluding hydrogens is 314 g/mol. The highest BCUT2D eigenvalue weighted by Gasteiger charge is 2.22. The predicted molar refractivity (Wildman–Crippen MR) is 89.2 cm³/mol. The number of hydrogen-bond acceptors (Lipinski definition) is 6. The molecule has 0 saturated carbocycles. The molecule has 1 aliphatic rings. The van der Waals surface area contributed by atoms with E-state index in [4.69, 9.17) is 9.47 Å². The van der Waals surface area contributed by atoms with Crippen molar-refractivity contribution in [3.05, 3.63) is 35.8 Å². The van der Waals surface area contributed by atoms with Crippen LogP contribution in [0.4, 0.5) is 5.13 Å². The van der Waals surface area contributed by atoms with Gasteiger partial charge in [0.15, 0.2) is 16.6 Å². The number of carbonyl (C=O) groups is 1. The minimum atomic E-state index is -0.0306. The lowest BCUT2D eigenvalue weighted by atomic mass is 10.2. The summed E-state index contributed by atoms with van der Waals surface area (Å²) in [7, 11) is 1.97. The Morgan fingerprint density at radius 2 is 2.26 bits per heavy atom. The zero-order valence-corrected chi connectivity index (χ0v) is 13.7. The first-order valence-electron chi connectivity index (χ1n) is 7.47. The van der Waals surface area contributed by atoms with Gasteiger partial charge in [-0.3, -0.25) is 4.79 Å². The number of benzene rings is 1. The molecule has 3 rings (SSSR count). The van der Waals surface area contributed by atoms with E-state index in [1.54, 1.807) is 6.20 Å². The van der Waals surface area contributed by atoms with E-state index in [1.807, 2.05) is 36.7 Å². The summed E-state index contributed by atoms with van der Waals surface area (Å²) in [6.07, 6.45) is 2.06. The van der Waals surface area contributed by atoms with Gasteiger partial charge in [0.2, 0.25) is 5.91 Å². The average Bonchev–Trinajstić information content (AvgIpc) is 3.06. The van der Waals surface area contributed by atoms with Crippen molar-refractivity contribution in [2.24, 2.45) is 0 Å². The molecule has 122 valence electrons. The zero-order valence-electron chi connectivity index (χ0n) is 12.9. The molecule has 1 atom stereocenters. The lowest BCUT2D eigenvalue weighted by molar-refractivity contribution is -0.116. The Morgan fingerprint density at radius 3 is 3.04 bits per heavy atom. The van der Waals surface area contributed by atoms with Crippen LogP contribution in [0.3, 0.4) is 0 Å². The number of nitrogens with one attached hydrogen (secondary N) is 1. The van der Waals surface area contributed by atoms with E-state index in [0.717, 1.165) is 11.5 Å². The Bertz CT molecular complexity index is 648. The molecule has 6 nitrogen and oxygen atoms in total. The van der Waals surface area contributed by atoms with Crippen LogP contribution in [0.25, 0.3) is 0 Å². The third-order valence-electron chi connectivity index (χ3n) is 3.48. The molecule has 1 aromatic heterocycles. The number of thiazole rings is 1. The summed E-state index contributed by atoms with van der Waals surface area (Å²) in [5, 5.41) is 5.25. The van der Waals surface area contributed by atoms with Crippen molar-refractivity contribution in [3.8, 4) is 11.5 Å². The number of likely N-dealkylation sites (N-methyl/N-ethyl adjacent to an activating group) is 1. The van der Waals surface area contributed by atoms with E-state index >= 15 is 0 Å². The van der Waals surface area contributed by atoms with Crippen LogP contribution >= 0.6 is 11.3 Å². The molecular formula is C16H19N3O3S. The van der Waals surface area contributed by atoms with Gasteiger partial charge in [0, 0.05) is 31.1 Å². The molecule has 7 heteroatoms. The number of hydrogen-bond donors (Lipinski definition) is 1. The Morgan fingerprint density at radius 1 is 1.43 bits per heavy atom. The topological polar surface area (TPSA) is 63.7 Å². The summed E-state index contributed by atoms with van der Waals surface area (Å²) in [5.74, 6) is 1.53. The van der Waals surface area contributed by atoms with Crippen LogP contribution in [0.5, 0.6) is 11.5 Å². The molecule has 1 aromatic carbocycles. The van der Waals surface area contributed by atoms with Gasteiger partial charge < -0.3 is 19.7 Å². The van der Waals surface area contributed by atoms with Gasteiger partial charge in [-0.1, -0.05) is 12.1 Å². The van der Waals surface area contributed by atoms with Crippen molar-refractivity contribution < 1.29 is 14.3 Å². The second kappa shape index (κ2) is 7.43. The van der Waals surface area contributed by atoms with Gasteiger partial charge >= 0.3 is 0 Å². The molecule has 0 spiro atoms. The van der Waals surface area contributed by atoms with E-state index < -0.39 is 0 Å². The Kier molecular flexibility index (Phi) is 5.09. The number of aromatic nitrogens is 1. The quantitative estimate of drug-likeness (QED) is 0.878. The monoisotopic (exact) mass is 333 g/mol. The number of para-hydroxylation sites is 2. The predicted octanol–water partition coefficient (Wildman–Crippen LogP) is 2.24. The van der Waals surface area contributed by atoms with Crippen molar-refractivity contribution in [2.75, 3.05) is 32.1 Å². The summed E-state index contributed by atoms with van der Waals surface area (Å²) in [4.78, 5) is 18.0. The molecule has 0 aliphatic carbocycles. The molecule has 0 radical (unpaired) electrons. The Balaban J connectivity index is 1.41. The SMILES string of the molecule is CN(CCC(=O)Nc1nccs1)CC1COc2ccccc2O1. The normalized spacial score (nSPS) is 16.3. The standard InChI is InChI=1S/C16H19N3O3S/c1-19(8-6-15(20)18-16-17-7-9-23-16)10-12-11-21-13-4-2-3-5-14(13)22-12/h2-5,7,9,12H,6,8,10-11H2,1H3,(H,17,18,20). The van der Waals surface area contributed by atoms with Crippen LogP contribution in [-0.4, -0.2) is 48.6 Å². The first-order chi connectivity index (χ1) is 11.2. The number of amides is 1. The van der Waals surface area contributed by atoms with E-state index in [2.05, 4.69) is 15.2 Å². The Labute approximate surface area is 139 Å². The number of fused-ring (bicyclic) bond motifs is 1. The van der Waals surface area contributed by atoms with Gasteiger partial charge in [0.1, 0.15) is 12.7 Å². The molecule has 0 bridgehead atoms. The fourth-order valence-electron chi connectivity index (χ4n) is 2.35. The minimum absolute atomic E-state index is 0.0297. The number of ether oxygens (including phenoxy) is 2. The summed E-state index contributed by atoms with van der Waals surface area (Å²) >= 11 is 1.41. The third kappa shape index (κ3) is 4.43. The van der Waals surface area contributed by atoms with E-state index in [-0.39, 0.29) is 12.0 Å². The highest BCUT2D eigenvalue weighted by atomic mass is 32.1. The molecule has 2 heterocycles. The van der Waals surface area contributed by atoms with Crippen molar-refractivity contribution in [3.63, 3.8) is 0 Å². The molecule has 1 amide bonds. The minimum Gasteiger partial charge on any atom is -0.486 e. The van der Waals surface area contributed by atoms with Crippen LogP contribution in [0.1, 0.15) is 6.42 Å². The van der Waals surface area contributed by atoms with Gasteiger partial charge in [-0.15, -0.1) is 11.3 Å². The van der Waals surface area contributed by atoms with E-state index in [9.17, 15) is 4.79 Å². The maximum Gasteiger partial charge on any atom is 0.227 e. The highest BCUT2D eigenvalue weighted by molar-refractivity contribution is 7.13. The van der Waals surface area contributed by atoms with Gasteiger partial charge in [-0.05, 0) is 19.2 Å². The van der Waals surface area contributed by atoms with Crippen molar-refractivity contribution in [1.82, 2.24) is 9.88 Å². The smallest absolute Gasteiger partial charge is 0.227 e. The van der Waals surface area contributed by atoms with Crippen LogP contribution < -0.4 is 14.8 Å². The van der Waals surface area contributed by atoms with Crippen molar-refractivity contribution >= 4 is 22.4 Å². The third-order valence-corrected chi connectivity index (χ3v) is 4.17. The lowest BCUT2D eigenvalue weighted by Gasteiger charge is -2.29. The van der Waals surface area contributed by atoms with Gasteiger partial charge in [-0.25, -0.2) is 4.98 Å². The second-order valence-corrected chi connectivity index (χ2v) is 6.29. The second-order valence-electron chi connectivity index (χ2n) is 5.40. The average molecular weight is 333 g/mol. The molecule has 1 aliphatic heterocycles. The van der Waals surface area contributed by atoms with Crippen molar-refractivity contribution in [1.29, 1.82) is 0 Å². The summed E-state index contributed by atoms with van der Waals surface area (Å²) in [6.45, 7) is 1.88. The van der Waals surface area contributed by atoms with Crippen molar-refractivity contribution in [2.45, 2.75) is 12.5 Å².